The van der Waals surface area contributed by atoms with Crippen molar-refractivity contribution in [3.8, 4) is 11.1 Å². The lowest BCUT2D eigenvalue weighted by atomic mass is 10.0. The summed E-state index contributed by atoms with van der Waals surface area (Å²) in [5, 5.41) is 9.44. The first-order valence-electron chi connectivity index (χ1n) is 8.05. The molecule has 0 radical (unpaired) electrons. The number of benzene rings is 2. The Morgan fingerprint density at radius 3 is 2.00 bits per heavy atom. The number of sulfonamides is 1. The van der Waals surface area contributed by atoms with E-state index in [1.807, 2.05) is 26.0 Å². The molecule has 0 saturated carbocycles. The van der Waals surface area contributed by atoms with Gasteiger partial charge in [0.1, 0.15) is 6.04 Å². The molecule has 2 aromatic carbocycles. The number of carbonyl (C=O) groups excluding carboxylic acids is 1. The molecule has 0 aliphatic heterocycles. The maximum Gasteiger partial charge on any atom is 0.261 e. The normalized spacial score (nSPS) is 12.8. The highest BCUT2D eigenvalue weighted by molar-refractivity contribution is 7.89. The van der Waals surface area contributed by atoms with E-state index in [1.54, 1.807) is 24.3 Å². The van der Waals surface area contributed by atoms with Crippen LogP contribution in [0, 0.1) is 5.92 Å². The smallest absolute Gasteiger partial charge is 0.261 e. The molecule has 2 aromatic rings. The van der Waals surface area contributed by atoms with Gasteiger partial charge in [0, 0.05) is 5.02 Å². The summed E-state index contributed by atoms with van der Waals surface area (Å²) in [5.41, 5.74) is 3.25. The first-order valence-corrected chi connectivity index (χ1v) is 9.91. The summed E-state index contributed by atoms with van der Waals surface area (Å²) in [4.78, 5) is 11.8. The van der Waals surface area contributed by atoms with Gasteiger partial charge in [0.15, 0.2) is 0 Å². The maximum absolute atomic E-state index is 12.5. The third-order valence-electron chi connectivity index (χ3n) is 3.77. The summed E-state index contributed by atoms with van der Waals surface area (Å²) < 4.78 is 27.4. The second-order valence-corrected chi connectivity index (χ2v) is 8.46. The number of carbonyl (C=O) groups is 1. The molecule has 0 unspecified atom stereocenters. The molecule has 0 fully saturated rings. The van der Waals surface area contributed by atoms with Crippen LogP contribution in [0.15, 0.2) is 53.4 Å². The summed E-state index contributed by atoms with van der Waals surface area (Å²) in [7, 11) is -3.91. The van der Waals surface area contributed by atoms with Crippen LogP contribution in [0.25, 0.3) is 11.1 Å². The van der Waals surface area contributed by atoms with E-state index in [-0.39, 0.29) is 17.2 Å². The summed E-state index contributed by atoms with van der Waals surface area (Å²) in [6.45, 7) is 3.71. The van der Waals surface area contributed by atoms with Gasteiger partial charge in [-0.25, -0.2) is 13.9 Å². The van der Waals surface area contributed by atoms with Crippen molar-refractivity contribution in [2.24, 2.45) is 5.92 Å². The number of hydroxylamine groups is 1. The van der Waals surface area contributed by atoms with E-state index in [2.05, 4.69) is 4.72 Å². The molecule has 0 bridgehead atoms. The van der Waals surface area contributed by atoms with Crippen molar-refractivity contribution < 1.29 is 18.4 Å². The zero-order valence-corrected chi connectivity index (χ0v) is 16.0. The first kappa shape index (κ1) is 20.4. The summed E-state index contributed by atoms with van der Waals surface area (Å²) in [5.74, 6) is -0.729. The fraction of sp³-hybridized carbons (Fsp3) is 0.278. The van der Waals surface area contributed by atoms with Crippen LogP contribution in [0.3, 0.4) is 0 Å². The van der Waals surface area contributed by atoms with Gasteiger partial charge in [-0.1, -0.05) is 49.7 Å². The highest BCUT2D eigenvalue weighted by Crippen LogP contribution is 2.23. The molecule has 0 saturated heterocycles. The molecule has 26 heavy (non-hydrogen) atoms. The fourth-order valence-electron chi connectivity index (χ4n) is 2.48. The van der Waals surface area contributed by atoms with Crippen LogP contribution in [-0.2, 0) is 14.8 Å². The maximum atomic E-state index is 12.5. The predicted molar refractivity (Wildman–Crippen MR) is 100 cm³/mol. The minimum Gasteiger partial charge on any atom is -0.289 e. The van der Waals surface area contributed by atoms with E-state index in [9.17, 15) is 13.2 Å². The topological polar surface area (TPSA) is 95.5 Å². The number of amides is 1. The Balaban J connectivity index is 2.22. The molecule has 1 atom stereocenters. The molecular formula is C18H21ClN2O4S. The minimum atomic E-state index is -3.91. The summed E-state index contributed by atoms with van der Waals surface area (Å²) in [6.07, 6.45) is 0.258. The van der Waals surface area contributed by atoms with Crippen LogP contribution in [0.5, 0.6) is 0 Å². The Morgan fingerprint density at radius 1 is 1.04 bits per heavy atom. The molecule has 3 N–H and O–H groups in total. The number of hydrogen-bond donors (Lipinski definition) is 3. The van der Waals surface area contributed by atoms with Gasteiger partial charge in [0.25, 0.3) is 5.91 Å². The van der Waals surface area contributed by atoms with Gasteiger partial charge >= 0.3 is 0 Å². The third-order valence-corrected chi connectivity index (χ3v) is 5.51. The Morgan fingerprint density at radius 2 is 1.54 bits per heavy atom. The highest BCUT2D eigenvalue weighted by atomic mass is 35.5. The molecule has 8 heteroatoms. The second kappa shape index (κ2) is 8.64. The van der Waals surface area contributed by atoms with Crippen LogP contribution in [0.4, 0.5) is 0 Å². The van der Waals surface area contributed by atoms with Gasteiger partial charge in [0.2, 0.25) is 10.0 Å². The van der Waals surface area contributed by atoms with E-state index in [1.165, 1.54) is 17.6 Å². The monoisotopic (exact) mass is 396 g/mol. The Hall–Kier alpha value is -1.93. The van der Waals surface area contributed by atoms with E-state index < -0.39 is 22.0 Å². The molecule has 0 aliphatic rings. The average Bonchev–Trinajstić information content (AvgIpc) is 2.60. The molecule has 140 valence electrons. The Kier molecular flexibility index (Phi) is 6.77. The SMILES string of the molecule is CC(C)C[C@@H](NS(=O)(=O)c1ccc(-c2ccc(Cl)cc2)cc1)C(=O)NO. The van der Waals surface area contributed by atoms with Crippen molar-refractivity contribution in [2.75, 3.05) is 0 Å². The summed E-state index contributed by atoms with van der Waals surface area (Å²) >= 11 is 5.87. The zero-order chi connectivity index (χ0) is 19.3. The van der Waals surface area contributed by atoms with E-state index in [0.717, 1.165) is 11.1 Å². The number of hydrogen-bond acceptors (Lipinski definition) is 4. The van der Waals surface area contributed by atoms with E-state index in [0.29, 0.717) is 5.02 Å². The van der Waals surface area contributed by atoms with Crippen LogP contribution < -0.4 is 10.2 Å². The number of rotatable bonds is 7. The minimum absolute atomic E-state index is 0.0368. The lowest BCUT2D eigenvalue weighted by molar-refractivity contribution is -0.131. The quantitative estimate of drug-likeness (QED) is 0.494. The van der Waals surface area contributed by atoms with Gasteiger partial charge in [-0.2, -0.15) is 4.72 Å². The molecule has 6 nitrogen and oxygen atoms in total. The van der Waals surface area contributed by atoms with Gasteiger partial charge in [-0.05, 0) is 47.7 Å². The molecule has 0 aliphatic carbocycles. The molecule has 0 aromatic heterocycles. The zero-order valence-electron chi connectivity index (χ0n) is 14.4. The first-order chi connectivity index (χ1) is 12.2. The lowest BCUT2D eigenvalue weighted by Gasteiger charge is -2.18. The van der Waals surface area contributed by atoms with Crippen molar-refractivity contribution in [3.63, 3.8) is 0 Å². The Labute approximate surface area is 158 Å². The van der Waals surface area contributed by atoms with Crippen molar-refractivity contribution in [3.05, 3.63) is 53.6 Å². The van der Waals surface area contributed by atoms with Crippen LogP contribution >= 0.6 is 11.6 Å². The highest BCUT2D eigenvalue weighted by Gasteiger charge is 2.26. The van der Waals surface area contributed by atoms with Crippen LogP contribution in [0.1, 0.15) is 20.3 Å². The van der Waals surface area contributed by atoms with Gasteiger partial charge < -0.3 is 0 Å². The molecule has 0 spiro atoms. The third kappa shape index (κ3) is 5.28. The predicted octanol–water partition coefficient (Wildman–Crippen LogP) is 3.21. The Bertz CT molecular complexity index is 850. The van der Waals surface area contributed by atoms with Crippen LogP contribution in [0.2, 0.25) is 5.02 Å². The summed E-state index contributed by atoms with van der Waals surface area (Å²) in [6, 6.07) is 12.4. The van der Waals surface area contributed by atoms with E-state index in [4.69, 9.17) is 16.8 Å². The van der Waals surface area contributed by atoms with Crippen molar-refractivity contribution in [1.29, 1.82) is 0 Å². The van der Waals surface area contributed by atoms with Crippen molar-refractivity contribution in [1.82, 2.24) is 10.2 Å². The van der Waals surface area contributed by atoms with Crippen molar-refractivity contribution >= 4 is 27.5 Å². The van der Waals surface area contributed by atoms with E-state index >= 15 is 0 Å². The van der Waals surface area contributed by atoms with Gasteiger partial charge in [-0.3, -0.25) is 10.0 Å². The fourth-order valence-corrected chi connectivity index (χ4v) is 3.82. The lowest BCUT2D eigenvalue weighted by Crippen LogP contribution is -2.46. The van der Waals surface area contributed by atoms with Crippen molar-refractivity contribution in [2.45, 2.75) is 31.2 Å². The molecule has 0 heterocycles. The number of nitrogens with one attached hydrogen (secondary N) is 2. The van der Waals surface area contributed by atoms with Gasteiger partial charge in [-0.15, -0.1) is 0 Å². The van der Waals surface area contributed by atoms with Gasteiger partial charge in [0.05, 0.1) is 4.90 Å². The number of halogens is 1. The molecular weight excluding hydrogens is 376 g/mol. The second-order valence-electron chi connectivity index (χ2n) is 6.31. The molecule has 1 amide bonds. The standard InChI is InChI=1S/C18H21ClN2O4S/c1-12(2)11-17(18(22)20-23)21-26(24,25)16-9-5-14(6-10-16)13-3-7-15(19)8-4-13/h3-10,12,17,21,23H,11H2,1-2H3,(H,20,22)/t17-/m1/s1. The average molecular weight is 397 g/mol. The largest absolute Gasteiger partial charge is 0.289 e. The molecule has 2 rings (SSSR count). The van der Waals surface area contributed by atoms with Crippen LogP contribution in [-0.4, -0.2) is 25.6 Å².